The van der Waals surface area contributed by atoms with E-state index in [9.17, 15) is 9.59 Å². The smallest absolute Gasteiger partial charge is 0.259 e. The van der Waals surface area contributed by atoms with Crippen LogP contribution in [0.5, 0.6) is 0 Å². The van der Waals surface area contributed by atoms with Crippen LogP contribution in [0.25, 0.3) is 0 Å². The Labute approximate surface area is 158 Å². The molecule has 2 aromatic rings. The van der Waals surface area contributed by atoms with E-state index in [0.29, 0.717) is 16.1 Å². The molecule has 6 heteroatoms. The highest BCUT2D eigenvalue weighted by Crippen LogP contribution is 2.22. The van der Waals surface area contributed by atoms with E-state index >= 15 is 0 Å². The number of halogens is 1. The molecule has 0 aliphatic carbocycles. The van der Waals surface area contributed by atoms with E-state index in [0.717, 1.165) is 5.56 Å². The van der Waals surface area contributed by atoms with E-state index in [2.05, 4.69) is 36.6 Å². The van der Waals surface area contributed by atoms with Gasteiger partial charge in [0.1, 0.15) is 0 Å². The maximum atomic E-state index is 12.1. The highest BCUT2D eigenvalue weighted by Gasteiger charge is 2.14. The number of hydrogen-bond donors (Lipinski definition) is 2. The number of carbonyl (C=O) groups is 2. The molecule has 0 radical (unpaired) electrons. The van der Waals surface area contributed by atoms with Crippen molar-refractivity contribution < 1.29 is 9.59 Å². The first-order valence-electron chi connectivity index (χ1n) is 8.22. The average molecular weight is 372 g/mol. The lowest BCUT2D eigenvalue weighted by Gasteiger charge is -2.19. The number of carbonyl (C=O) groups excluding carboxylic acids is 2. The van der Waals surface area contributed by atoms with E-state index < -0.39 is 5.91 Å². The number of nitrogens with zero attached hydrogens (tertiary/aromatic N) is 1. The van der Waals surface area contributed by atoms with Crippen LogP contribution in [0.4, 0.5) is 0 Å². The van der Waals surface area contributed by atoms with Crippen LogP contribution < -0.4 is 10.7 Å². The van der Waals surface area contributed by atoms with Gasteiger partial charge in [0.15, 0.2) is 0 Å². The van der Waals surface area contributed by atoms with Crippen LogP contribution in [0.15, 0.2) is 53.6 Å². The van der Waals surface area contributed by atoms with Crippen molar-refractivity contribution in [3.8, 4) is 0 Å². The van der Waals surface area contributed by atoms with Gasteiger partial charge in [-0.2, -0.15) is 5.10 Å². The summed E-state index contributed by atoms with van der Waals surface area (Å²) in [6, 6.07) is 14.5. The van der Waals surface area contributed by atoms with E-state index in [1.54, 1.807) is 24.3 Å². The van der Waals surface area contributed by atoms with E-state index in [-0.39, 0.29) is 17.9 Å². The second-order valence-electron chi connectivity index (χ2n) is 6.82. The third-order valence-electron chi connectivity index (χ3n) is 3.72. The highest BCUT2D eigenvalue weighted by atomic mass is 35.5. The first-order chi connectivity index (χ1) is 12.3. The second-order valence-corrected chi connectivity index (χ2v) is 7.23. The van der Waals surface area contributed by atoms with Crippen LogP contribution in [-0.4, -0.2) is 24.6 Å². The fraction of sp³-hybridized carbons (Fsp3) is 0.250. The molecule has 0 atom stereocenters. The van der Waals surface area contributed by atoms with Gasteiger partial charge in [-0.3, -0.25) is 9.59 Å². The molecule has 0 saturated heterocycles. The Balaban J connectivity index is 1.83. The summed E-state index contributed by atoms with van der Waals surface area (Å²) in [6.07, 6.45) is 1.45. The standard InChI is InChI=1S/C20H22ClN3O2/c1-20(2,3)16-10-8-14(9-11-16)19(26)22-13-18(25)24-23-12-15-6-4-5-7-17(15)21/h4-12H,13H2,1-3H3,(H,22,26)(H,24,25)/b23-12-. The van der Waals surface area contributed by atoms with E-state index in [1.165, 1.54) is 6.21 Å². The van der Waals surface area contributed by atoms with E-state index in [1.807, 2.05) is 24.3 Å². The van der Waals surface area contributed by atoms with Gasteiger partial charge in [0, 0.05) is 16.1 Å². The summed E-state index contributed by atoms with van der Waals surface area (Å²) >= 11 is 5.99. The summed E-state index contributed by atoms with van der Waals surface area (Å²) in [5.74, 6) is -0.733. The first-order valence-corrected chi connectivity index (χ1v) is 8.60. The van der Waals surface area contributed by atoms with Gasteiger partial charge in [-0.15, -0.1) is 0 Å². The average Bonchev–Trinajstić information content (AvgIpc) is 2.60. The third-order valence-corrected chi connectivity index (χ3v) is 4.06. The van der Waals surface area contributed by atoms with Crippen LogP contribution >= 0.6 is 11.6 Å². The summed E-state index contributed by atoms with van der Waals surface area (Å²) in [5.41, 5.74) is 4.71. The van der Waals surface area contributed by atoms with Gasteiger partial charge >= 0.3 is 0 Å². The molecule has 0 saturated carbocycles. The molecule has 0 aromatic heterocycles. The maximum absolute atomic E-state index is 12.1. The van der Waals surface area contributed by atoms with Gasteiger partial charge in [-0.1, -0.05) is 62.7 Å². The van der Waals surface area contributed by atoms with Crippen LogP contribution in [0.3, 0.4) is 0 Å². The van der Waals surface area contributed by atoms with Crippen LogP contribution in [-0.2, 0) is 10.2 Å². The molecule has 26 heavy (non-hydrogen) atoms. The molecule has 0 aliphatic rings. The molecule has 136 valence electrons. The van der Waals surface area contributed by atoms with Gasteiger partial charge in [-0.25, -0.2) is 5.43 Å². The fourth-order valence-electron chi connectivity index (χ4n) is 2.18. The molecule has 0 bridgehead atoms. The van der Waals surface area contributed by atoms with Gasteiger partial charge in [0.2, 0.25) is 0 Å². The molecular weight excluding hydrogens is 350 g/mol. The van der Waals surface area contributed by atoms with Gasteiger partial charge < -0.3 is 5.32 Å². The van der Waals surface area contributed by atoms with Gasteiger partial charge in [0.05, 0.1) is 12.8 Å². The largest absolute Gasteiger partial charge is 0.343 e. The predicted molar refractivity (Wildman–Crippen MR) is 105 cm³/mol. The lowest BCUT2D eigenvalue weighted by molar-refractivity contribution is -0.120. The number of benzene rings is 2. The molecule has 5 nitrogen and oxygen atoms in total. The SMILES string of the molecule is CC(C)(C)c1ccc(C(=O)NCC(=O)N/N=C\c2ccccc2Cl)cc1. The summed E-state index contributed by atoms with van der Waals surface area (Å²) in [7, 11) is 0. The zero-order valence-electron chi connectivity index (χ0n) is 15.0. The number of hydrogen-bond acceptors (Lipinski definition) is 3. The van der Waals surface area contributed by atoms with Crippen LogP contribution in [0, 0.1) is 0 Å². The van der Waals surface area contributed by atoms with Crippen molar-refractivity contribution in [1.29, 1.82) is 0 Å². The van der Waals surface area contributed by atoms with Crippen molar-refractivity contribution in [3.05, 3.63) is 70.2 Å². The number of amides is 2. The molecule has 0 unspecified atom stereocenters. The lowest BCUT2D eigenvalue weighted by Crippen LogP contribution is -2.34. The summed E-state index contributed by atoms with van der Waals surface area (Å²) in [4.78, 5) is 23.9. The molecule has 2 N–H and O–H groups in total. The molecule has 2 rings (SSSR count). The predicted octanol–water partition coefficient (Wildman–Crippen LogP) is 3.52. The Morgan fingerprint density at radius 1 is 1.08 bits per heavy atom. The first kappa shape index (κ1) is 19.7. The van der Waals surface area contributed by atoms with E-state index in [4.69, 9.17) is 11.6 Å². The number of rotatable bonds is 5. The van der Waals surface area contributed by atoms with Crippen molar-refractivity contribution in [3.63, 3.8) is 0 Å². The minimum atomic E-state index is -0.423. The topological polar surface area (TPSA) is 70.6 Å². The zero-order chi connectivity index (χ0) is 19.2. The quantitative estimate of drug-likeness (QED) is 0.623. The second kappa shape index (κ2) is 8.63. The summed E-state index contributed by atoms with van der Waals surface area (Å²) < 4.78 is 0. The minimum absolute atomic E-state index is 0.0224. The maximum Gasteiger partial charge on any atom is 0.259 e. The Hall–Kier alpha value is -2.66. The Morgan fingerprint density at radius 2 is 1.73 bits per heavy atom. The summed E-state index contributed by atoms with van der Waals surface area (Å²) in [6.45, 7) is 6.15. The van der Waals surface area contributed by atoms with Crippen LogP contribution in [0.2, 0.25) is 5.02 Å². The Bertz CT molecular complexity index is 809. The van der Waals surface area contributed by atoms with Gasteiger partial charge in [-0.05, 0) is 29.2 Å². The van der Waals surface area contributed by atoms with Crippen molar-refractivity contribution in [1.82, 2.24) is 10.7 Å². The van der Waals surface area contributed by atoms with Crippen molar-refractivity contribution in [2.24, 2.45) is 5.10 Å². The van der Waals surface area contributed by atoms with Crippen molar-refractivity contribution in [2.75, 3.05) is 6.54 Å². The molecule has 0 heterocycles. The number of hydrazone groups is 1. The number of nitrogens with one attached hydrogen (secondary N) is 2. The van der Waals surface area contributed by atoms with Crippen molar-refractivity contribution >= 4 is 29.6 Å². The zero-order valence-corrected chi connectivity index (χ0v) is 15.8. The molecule has 0 fully saturated rings. The molecule has 2 amide bonds. The monoisotopic (exact) mass is 371 g/mol. The Morgan fingerprint density at radius 3 is 2.35 bits per heavy atom. The molecule has 2 aromatic carbocycles. The summed E-state index contributed by atoms with van der Waals surface area (Å²) in [5, 5.41) is 6.94. The third kappa shape index (κ3) is 5.70. The minimum Gasteiger partial charge on any atom is -0.343 e. The molecule has 0 aliphatic heterocycles. The molecular formula is C20H22ClN3O2. The van der Waals surface area contributed by atoms with Crippen LogP contribution in [0.1, 0.15) is 42.3 Å². The molecule has 0 spiro atoms. The van der Waals surface area contributed by atoms with Crippen molar-refractivity contribution in [2.45, 2.75) is 26.2 Å². The Kier molecular flexibility index (Phi) is 6.52. The normalized spacial score (nSPS) is 11.4. The van der Waals surface area contributed by atoms with Gasteiger partial charge in [0.25, 0.3) is 11.8 Å². The lowest BCUT2D eigenvalue weighted by atomic mass is 9.87. The highest BCUT2D eigenvalue weighted by molar-refractivity contribution is 6.33. The fourth-order valence-corrected chi connectivity index (χ4v) is 2.36.